The van der Waals surface area contributed by atoms with Gasteiger partial charge in [-0.15, -0.1) is 0 Å². The number of hydrogen-bond donors (Lipinski definition) is 0. The number of aryl methyl sites for hydroxylation is 1. The van der Waals surface area contributed by atoms with Crippen LogP contribution in [0, 0.1) is 11.8 Å². The molecule has 1 saturated carbocycles. The van der Waals surface area contributed by atoms with Gasteiger partial charge < -0.3 is 9.64 Å². The van der Waals surface area contributed by atoms with Crippen molar-refractivity contribution in [2.75, 3.05) is 31.2 Å². The molecule has 1 aliphatic heterocycles. The highest BCUT2D eigenvalue weighted by molar-refractivity contribution is 5.47. The number of rotatable bonds is 5. The van der Waals surface area contributed by atoms with Crippen LogP contribution in [0.3, 0.4) is 0 Å². The third-order valence-corrected chi connectivity index (χ3v) is 5.53. The summed E-state index contributed by atoms with van der Waals surface area (Å²) < 4.78 is 5.42. The molecule has 0 spiro atoms. The van der Waals surface area contributed by atoms with Crippen molar-refractivity contribution in [1.82, 2.24) is 0 Å². The Morgan fingerprint density at radius 1 is 1.00 bits per heavy atom. The summed E-state index contributed by atoms with van der Waals surface area (Å²) in [6.07, 6.45) is 9.88. The van der Waals surface area contributed by atoms with Gasteiger partial charge in [0, 0.05) is 18.8 Å². The first kappa shape index (κ1) is 15.9. The Bertz CT molecular complexity index is 428. The smallest absolute Gasteiger partial charge is 0.0642 e. The molecule has 1 saturated heterocycles. The fraction of sp³-hybridized carbons (Fsp3) is 0.700. The molecule has 0 aromatic heterocycles. The van der Waals surface area contributed by atoms with Crippen LogP contribution in [-0.4, -0.2) is 26.3 Å². The Hall–Kier alpha value is -1.02. The molecule has 0 unspecified atom stereocenters. The lowest BCUT2D eigenvalue weighted by atomic mass is 9.80. The van der Waals surface area contributed by atoms with Crippen molar-refractivity contribution in [2.24, 2.45) is 11.8 Å². The molecule has 0 atom stereocenters. The molecule has 1 heterocycles. The van der Waals surface area contributed by atoms with E-state index >= 15 is 0 Å². The van der Waals surface area contributed by atoms with Crippen molar-refractivity contribution in [1.29, 1.82) is 0 Å². The molecule has 22 heavy (non-hydrogen) atoms. The summed E-state index contributed by atoms with van der Waals surface area (Å²) in [7, 11) is 0. The first-order valence-corrected chi connectivity index (χ1v) is 9.23. The molecule has 1 aromatic rings. The van der Waals surface area contributed by atoms with Crippen LogP contribution in [0.4, 0.5) is 5.69 Å². The molecular formula is C20H31NO. The third kappa shape index (κ3) is 4.49. The minimum atomic E-state index is 0.863. The van der Waals surface area contributed by atoms with Gasteiger partial charge in [-0.1, -0.05) is 51.2 Å². The molecule has 1 aromatic carbocycles. The van der Waals surface area contributed by atoms with Crippen LogP contribution in [0.25, 0.3) is 0 Å². The van der Waals surface area contributed by atoms with E-state index in [1.54, 1.807) is 0 Å². The van der Waals surface area contributed by atoms with E-state index in [1.165, 1.54) is 56.2 Å². The lowest BCUT2D eigenvalue weighted by Crippen LogP contribution is -2.36. The molecule has 2 fully saturated rings. The molecule has 122 valence electrons. The first-order chi connectivity index (χ1) is 10.8. The maximum absolute atomic E-state index is 5.42. The number of morpholine rings is 1. The fourth-order valence-corrected chi connectivity index (χ4v) is 3.91. The highest BCUT2D eigenvalue weighted by atomic mass is 16.5. The number of ether oxygens (including phenoxy) is 1. The largest absolute Gasteiger partial charge is 0.378 e. The van der Waals surface area contributed by atoms with E-state index in [4.69, 9.17) is 4.74 Å². The lowest BCUT2D eigenvalue weighted by molar-refractivity contribution is 0.122. The van der Waals surface area contributed by atoms with E-state index in [0.717, 1.165) is 38.1 Å². The van der Waals surface area contributed by atoms with Gasteiger partial charge in [-0.25, -0.2) is 0 Å². The minimum Gasteiger partial charge on any atom is -0.378 e. The van der Waals surface area contributed by atoms with Crippen molar-refractivity contribution in [2.45, 2.75) is 51.9 Å². The second-order valence-corrected chi connectivity index (χ2v) is 7.28. The number of nitrogens with zero attached hydrogens (tertiary/aromatic N) is 1. The maximum Gasteiger partial charge on any atom is 0.0642 e. The zero-order chi connectivity index (χ0) is 15.2. The topological polar surface area (TPSA) is 12.5 Å². The maximum atomic E-state index is 5.42. The average Bonchev–Trinajstić information content (AvgIpc) is 2.58. The first-order valence-electron chi connectivity index (χ1n) is 9.23. The number of benzene rings is 1. The zero-order valence-electron chi connectivity index (χ0n) is 14.1. The predicted molar refractivity (Wildman–Crippen MR) is 93.5 cm³/mol. The molecule has 2 nitrogen and oxygen atoms in total. The molecule has 1 aliphatic carbocycles. The Kier molecular flexibility index (Phi) is 5.77. The van der Waals surface area contributed by atoms with E-state index in [0.29, 0.717) is 0 Å². The molecular weight excluding hydrogens is 270 g/mol. The summed E-state index contributed by atoms with van der Waals surface area (Å²) in [6.45, 7) is 6.19. The van der Waals surface area contributed by atoms with Crippen LogP contribution < -0.4 is 4.90 Å². The van der Waals surface area contributed by atoms with Gasteiger partial charge in [0.15, 0.2) is 0 Å². The molecule has 0 bridgehead atoms. The second kappa shape index (κ2) is 8.01. The van der Waals surface area contributed by atoms with Crippen LogP contribution in [-0.2, 0) is 11.2 Å². The normalized spacial score (nSPS) is 26.1. The van der Waals surface area contributed by atoms with Crippen LogP contribution in [0.15, 0.2) is 24.3 Å². The summed E-state index contributed by atoms with van der Waals surface area (Å²) in [5.41, 5.74) is 2.86. The van der Waals surface area contributed by atoms with Crippen LogP contribution in [0.5, 0.6) is 0 Å². The highest BCUT2D eigenvalue weighted by Gasteiger charge is 2.17. The van der Waals surface area contributed by atoms with E-state index in [9.17, 15) is 0 Å². The number of hydrogen-bond acceptors (Lipinski definition) is 2. The van der Waals surface area contributed by atoms with E-state index in [-0.39, 0.29) is 0 Å². The predicted octanol–water partition coefficient (Wildman–Crippen LogP) is 4.67. The Morgan fingerprint density at radius 3 is 2.36 bits per heavy atom. The van der Waals surface area contributed by atoms with E-state index in [1.807, 2.05) is 0 Å². The highest BCUT2D eigenvalue weighted by Crippen LogP contribution is 2.31. The molecule has 3 rings (SSSR count). The molecule has 2 aliphatic rings. The van der Waals surface area contributed by atoms with Crippen molar-refractivity contribution in [3.8, 4) is 0 Å². The summed E-state index contributed by atoms with van der Waals surface area (Å²) >= 11 is 0. The van der Waals surface area contributed by atoms with Crippen molar-refractivity contribution in [3.05, 3.63) is 29.8 Å². The SMILES string of the molecule is CC1CCC(CCCc2ccc(N3CCOCC3)cc2)CC1. The second-order valence-electron chi connectivity index (χ2n) is 7.28. The summed E-state index contributed by atoms with van der Waals surface area (Å²) in [6, 6.07) is 9.24. The van der Waals surface area contributed by atoms with Crippen LogP contribution in [0.1, 0.15) is 51.0 Å². The van der Waals surface area contributed by atoms with E-state index in [2.05, 4.69) is 36.1 Å². The van der Waals surface area contributed by atoms with Crippen LogP contribution >= 0.6 is 0 Å². The Balaban J connectivity index is 1.41. The van der Waals surface area contributed by atoms with Gasteiger partial charge in [0.2, 0.25) is 0 Å². The van der Waals surface area contributed by atoms with E-state index < -0.39 is 0 Å². The fourth-order valence-electron chi connectivity index (χ4n) is 3.91. The minimum absolute atomic E-state index is 0.863. The van der Waals surface area contributed by atoms with Gasteiger partial charge in [0.1, 0.15) is 0 Å². The van der Waals surface area contributed by atoms with Gasteiger partial charge in [-0.3, -0.25) is 0 Å². The van der Waals surface area contributed by atoms with Crippen molar-refractivity contribution < 1.29 is 4.74 Å². The average molecular weight is 301 g/mol. The standard InChI is InChI=1S/C20H31NO/c1-17-5-7-18(8-6-17)3-2-4-19-9-11-20(12-10-19)21-13-15-22-16-14-21/h9-12,17-18H,2-8,13-16H2,1H3. The Morgan fingerprint density at radius 2 is 1.68 bits per heavy atom. The quantitative estimate of drug-likeness (QED) is 0.783. The molecule has 0 N–H and O–H groups in total. The molecule has 0 amide bonds. The van der Waals surface area contributed by atoms with Crippen molar-refractivity contribution in [3.63, 3.8) is 0 Å². The Labute approximate surface area is 135 Å². The summed E-state index contributed by atoms with van der Waals surface area (Å²) in [5, 5.41) is 0. The zero-order valence-corrected chi connectivity index (χ0v) is 14.1. The monoisotopic (exact) mass is 301 g/mol. The lowest BCUT2D eigenvalue weighted by Gasteiger charge is -2.29. The summed E-state index contributed by atoms with van der Waals surface area (Å²) in [5.74, 6) is 1.98. The van der Waals surface area contributed by atoms with Gasteiger partial charge >= 0.3 is 0 Å². The molecule has 2 heteroatoms. The summed E-state index contributed by atoms with van der Waals surface area (Å²) in [4.78, 5) is 2.43. The van der Waals surface area contributed by atoms with Gasteiger partial charge in [-0.2, -0.15) is 0 Å². The third-order valence-electron chi connectivity index (χ3n) is 5.53. The molecule has 0 radical (unpaired) electrons. The van der Waals surface area contributed by atoms with Gasteiger partial charge in [0.25, 0.3) is 0 Å². The van der Waals surface area contributed by atoms with Gasteiger partial charge in [-0.05, 0) is 42.4 Å². The number of anilines is 1. The van der Waals surface area contributed by atoms with Crippen LogP contribution in [0.2, 0.25) is 0 Å². The van der Waals surface area contributed by atoms with Crippen molar-refractivity contribution >= 4 is 5.69 Å². The van der Waals surface area contributed by atoms with Gasteiger partial charge in [0.05, 0.1) is 13.2 Å².